The number of aromatic nitrogens is 2. The summed E-state index contributed by atoms with van der Waals surface area (Å²) in [7, 11) is -2.07. The second kappa shape index (κ2) is 5.34. The minimum atomic E-state index is -3.80. The van der Waals surface area contributed by atoms with Crippen LogP contribution in [-0.4, -0.2) is 18.2 Å². The van der Waals surface area contributed by atoms with Crippen molar-refractivity contribution in [1.82, 2.24) is 9.78 Å². The summed E-state index contributed by atoms with van der Waals surface area (Å²) >= 11 is 5.82. The highest BCUT2D eigenvalue weighted by Crippen LogP contribution is 2.26. The van der Waals surface area contributed by atoms with Crippen LogP contribution < -0.4 is 10.5 Å². The van der Waals surface area contributed by atoms with Crippen molar-refractivity contribution in [3.8, 4) is 0 Å². The van der Waals surface area contributed by atoms with Crippen LogP contribution >= 0.6 is 11.6 Å². The van der Waals surface area contributed by atoms with Gasteiger partial charge in [0, 0.05) is 18.3 Å². The van der Waals surface area contributed by atoms with Crippen molar-refractivity contribution in [2.45, 2.75) is 18.2 Å². The first-order valence-electron chi connectivity index (χ1n) is 5.94. The van der Waals surface area contributed by atoms with Crippen molar-refractivity contribution in [1.29, 1.82) is 0 Å². The molecule has 0 amide bonds. The van der Waals surface area contributed by atoms with E-state index < -0.39 is 10.0 Å². The third-order valence-electron chi connectivity index (χ3n) is 2.75. The standard InChI is InChI=1S/C12H15ClN4O2S/c1-3-10-11(7-17(2)15-10)16-20(18,19)12-6-8(13)4-5-9(12)14/h4-7,16H,3,14H2,1-2H3. The summed E-state index contributed by atoms with van der Waals surface area (Å²) in [5.41, 5.74) is 6.95. The summed E-state index contributed by atoms with van der Waals surface area (Å²) in [5, 5.41) is 4.49. The number of aryl methyl sites for hydroxylation is 2. The molecule has 0 saturated heterocycles. The molecule has 20 heavy (non-hydrogen) atoms. The highest BCUT2D eigenvalue weighted by molar-refractivity contribution is 7.92. The number of anilines is 2. The Bertz CT molecular complexity index is 740. The highest BCUT2D eigenvalue weighted by atomic mass is 35.5. The summed E-state index contributed by atoms with van der Waals surface area (Å²) < 4.78 is 28.8. The number of sulfonamides is 1. The molecule has 2 aromatic rings. The minimum Gasteiger partial charge on any atom is -0.398 e. The summed E-state index contributed by atoms with van der Waals surface area (Å²) in [4.78, 5) is -0.0455. The number of hydrogen-bond acceptors (Lipinski definition) is 4. The molecule has 0 radical (unpaired) electrons. The second-order valence-corrected chi connectivity index (χ2v) is 6.39. The van der Waals surface area contributed by atoms with Crippen molar-refractivity contribution in [3.05, 3.63) is 35.1 Å². The predicted molar refractivity (Wildman–Crippen MR) is 79.3 cm³/mol. The average Bonchev–Trinajstić information content (AvgIpc) is 2.71. The van der Waals surface area contributed by atoms with Crippen LogP contribution in [0.4, 0.5) is 11.4 Å². The third kappa shape index (κ3) is 2.88. The van der Waals surface area contributed by atoms with E-state index in [-0.39, 0.29) is 10.6 Å². The third-order valence-corrected chi connectivity index (χ3v) is 4.41. The van der Waals surface area contributed by atoms with E-state index in [2.05, 4.69) is 9.82 Å². The number of nitrogens with two attached hydrogens (primary N) is 1. The molecule has 108 valence electrons. The van der Waals surface area contributed by atoms with Crippen LogP contribution in [0.1, 0.15) is 12.6 Å². The molecular formula is C12H15ClN4O2S. The largest absolute Gasteiger partial charge is 0.398 e. The molecule has 0 aliphatic rings. The van der Waals surface area contributed by atoms with Crippen molar-refractivity contribution in [2.24, 2.45) is 7.05 Å². The van der Waals surface area contributed by atoms with Crippen LogP contribution in [0.25, 0.3) is 0 Å². The quantitative estimate of drug-likeness (QED) is 0.845. The topological polar surface area (TPSA) is 90.0 Å². The maximum atomic E-state index is 12.4. The van der Waals surface area contributed by atoms with Crippen LogP contribution in [-0.2, 0) is 23.5 Å². The Morgan fingerprint density at radius 1 is 1.45 bits per heavy atom. The van der Waals surface area contributed by atoms with E-state index in [0.717, 1.165) is 0 Å². The first-order valence-corrected chi connectivity index (χ1v) is 7.80. The molecule has 0 atom stereocenters. The van der Waals surface area contributed by atoms with Crippen LogP contribution in [0, 0.1) is 0 Å². The monoisotopic (exact) mass is 314 g/mol. The zero-order valence-corrected chi connectivity index (χ0v) is 12.7. The predicted octanol–water partition coefficient (Wildman–Crippen LogP) is 2.02. The van der Waals surface area contributed by atoms with Crippen LogP contribution in [0.3, 0.4) is 0 Å². The molecular weight excluding hydrogens is 300 g/mol. The molecule has 1 heterocycles. The Morgan fingerprint density at radius 3 is 2.80 bits per heavy atom. The number of rotatable bonds is 4. The average molecular weight is 315 g/mol. The van der Waals surface area contributed by atoms with Gasteiger partial charge in [-0.2, -0.15) is 5.10 Å². The van der Waals surface area contributed by atoms with Gasteiger partial charge in [0.2, 0.25) is 0 Å². The van der Waals surface area contributed by atoms with Gasteiger partial charge in [0.15, 0.2) is 0 Å². The fourth-order valence-electron chi connectivity index (χ4n) is 1.82. The molecule has 0 saturated carbocycles. The van der Waals surface area contributed by atoms with Crippen molar-refractivity contribution >= 4 is 33.0 Å². The summed E-state index contributed by atoms with van der Waals surface area (Å²) in [6, 6.07) is 4.32. The number of nitrogens with one attached hydrogen (secondary N) is 1. The molecule has 0 bridgehead atoms. The van der Waals surface area contributed by atoms with Gasteiger partial charge in [-0.1, -0.05) is 18.5 Å². The van der Waals surface area contributed by atoms with E-state index >= 15 is 0 Å². The van der Waals surface area contributed by atoms with Gasteiger partial charge in [-0.3, -0.25) is 9.40 Å². The van der Waals surface area contributed by atoms with Crippen molar-refractivity contribution in [2.75, 3.05) is 10.5 Å². The van der Waals surface area contributed by atoms with Gasteiger partial charge in [0.05, 0.1) is 17.1 Å². The van der Waals surface area contributed by atoms with Crippen LogP contribution in [0.2, 0.25) is 5.02 Å². The van der Waals surface area contributed by atoms with Gasteiger partial charge in [-0.05, 0) is 24.6 Å². The SMILES string of the molecule is CCc1nn(C)cc1NS(=O)(=O)c1cc(Cl)ccc1N. The number of nitrogens with zero attached hydrogens (tertiary/aromatic N) is 2. The van der Waals surface area contributed by atoms with Gasteiger partial charge in [-0.15, -0.1) is 0 Å². The van der Waals surface area contributed by atoms with Gasteiger partial charge >= 0.3 is 0 Å². The van der Waals surface area contributed by atoms with Crippen molar-refractivity contribution in [3.63, 3.8) is 0 Å². The summed E-state index contributed by atoms with van der Waals surface area (Å²) in [6.07, 6.45) is 2.22. The van der Waals surface area contributed by atoms with Gasteiger partial charge in [0.1, 0.15) is 4.90 Å². The summed E-state index contributed by atoms with van der Waals surface area (Å²) in [5.74, 6) is 0. The first kappa shape index (κ1) is 14.7. The maximum absolute atomic E-state index is 12.4. The minimum absolute atomic E-state index is 0.0455. The lowest BCUT2D eigenvalue weighted by Crippen LogP contribution is -2.15. The first-order chi connectivity index (χ1) is 9.33. The van der Waals surface area contributed by atoms with Gasteiger partial charge in [-0.25, -0.2) is 8.42 Å². The number of nitrogen functional groups attached to an aromatic ring is 1. The molecule has 1 aromatic carbocycles. The summed E-state index contributed by atoms with van der Waals surface area (Å²) in [6.45, 7) is 1.90. The second-order valence-electron chi connectivity index (χ2n) is 4.30. The van der Waals surface area contributed by atoms with E-state index in [1.54, 1.807) is 17.9 Å². The molecule has 1 aromatic heterocycles. The Balaban J connectivity index is 2.43. The fraction of sp³-hybridized carbons (Fsp3) is 0.250. The molecule has 3 N–H and O–H groups in total. The van der Waals surface area contributed by atoms with Gasteiger partial charge in [0.25, 0.3) is 10.0 Å². The number of halogens is 1. The Hall–Kier alpha value is -1.73. The lowest BCUT2D eigenvalue weighted by molar-refractivity contribution is 0.601. The molecule has 0 aliphatic carbocycles. The van der Waals surface area contributed by atoms with E-state index in [4.69, 9.17) is 17.3 Å². The molecule has 2 rings (SSSR count). The Morgan fingerprint density at radius 2 is 2.15 bits per heavy atom. The van der Waals surface area contributed by atoms with E-state index in [0.29, 0.717) is 22.8 Å². The molecule has 0 aliphatic heterocycles. The highest BCUT2D eigenvalue weighted by Gasteiger charge is 2.20. The Labute approximate surface area is 122 Å². The lowest BCUT2D eigenvalue weighted by atomic mass is 10.3. The molecule has 0 fully saturated rings. The zero-order chi connectivity index (χ0) is 14.9. The molecule has 6 nitrogen and oxygen atoms in total. The maximum Gasteiger partial charge on any atom is 0.264 e. The van der Waals surface area contributed by atoms with Crippen molar-refractivity contribution < 1.29 is 8.42 Å². The van der Waals surface area contributed by atoms with E-state index in [1.165, 1.54) is 18.2 Å². The molecule has 0 unspecified atom stereocenters. The molecule has 0 spiro atoms. The molecule has 8 heteroatoms. The normalized spacial score (nSPS) is 11.6. The van der Waals surface area contributed by atoms with E-state index in [1.807, 2.05) is 6.92 Å². The smallest absolute Gasteiger partial charge is 0.264 e. The number of benzene rings is 1. The van der Waals surface area contributed by atoms with Crippen LogP contribution in [0.15, 0.2) is 29.3 Å². The van der Waals surface area contributed by atoms with Gasteiger partial charge < -0.3 is 5.73 Å². The van der Waals surface area contributed by atoms with E-state index in [9.17, 15) is 8.42 Å². The zero-order valence-electron chi connectivity index (χ0n) is 11.1. The lowest BCUT2D eigenvalue weighted by Gasteiger charge is -2.10. The Kier molecular flexibility index (Phi) is 3.92. The number of hydrogen-bond donors (Lipinski definition) is 2. The van der Waals surface area contributed by atoms with Crippen LogP contribution in [0.5, 0.6) is 0 Å². The fourth-order valence-corrected chi connectivity index (χ4v) is 3.29.